The first kappa shape index (κ1) is 12.9. The lowest BCUT2D eigenvalue weighted by Crippen LogP contribution is -2.36. The highest BCUT2D eigenvalue weighted by Crippen LogP contribution is 2.31. The molecule has 0 aromatic heterocycles. The molecule has 1 saturated carbocycles. The molecule has 0 N–H and O–H groups in total. The maximum atomic E-state index is 11.5. The number of amides is 1. The van der Waals surface area contributed by atoms with E-state index < -0.39 is 0 Å². The van der Waals surface area contributed by atoms with E-state index in [0.717, 1.165) is 36.1 Å². The van der Waals surface area contributed by atoms with E-state index in [9.17, 15) is 4.79 Å². The minimum absolute atomic E-state index is 0.358. The van der Waals surface area contributed by atoms with Crippen molar-refractivity contribution in [1.29, 1.82) is 0 Å². The first-order chi connectivity index (χ1) is 8.74. The van der Waals surface area contributed by atoms with E-state index in [2.05, 4.69) is 6.58 Å². The molecule has 0 aliphatic heterocycles. The van der Waals surface area contributed by atoms with Crippen LogP contribution in [0, 0.1) is 0 Å². The molecule has 96 valence electrons. The zero-order chi connectivity index (χ0) is 13.0. The Labute approximate surface area is 109 Å². The average Bonchev–Trinajstić information content (AvgIpc) is 2.41. The standard InChI is InChI=1S/C16H21NO/c1-13(2)15-10-6-7-11-16(15)17(12-18)14-8-4-3-5-9-14/h6-7,10-12,14H,1,3-5,8-9H2,2H3. The molecule has 0 saturated heterocycles. The van der Waals surface area contributed by atoms with Gasteiger partial charge in [0, 0.05) is 11.6 Å². The number of nitrogens with zero attached hydrogens (tertiary/aromatic N) is 1. The van der Waals surface area contributed by atoms with Crippen LogP contribution in [0.4, 0.5) is 5.69 Å². The van der Waals surface area contributed by atoms with Gasteiger partial charge >= 0.3 is 0 Å². The molecule has 2 nitrogen and oxygen atoms in total. The van der Waals surface area contributed by atoms with Crippen LogP contribution in [-0.4, -0.2) is 12.5 Å². The number of benzene rings is 1. The Morgan fingerprint density at radius 2 is 1.94 bits per heavy atom. The molecule has 0 unspecified atom stereocenters. The summed E-state index contributed by atoms with van der Waals surface area (Å²) in [4.78, 5) is 13.4. The van der Waals surface area contributed by atoms with E-state index in [1.165, 1.54) is 19.3 Å². The Bertz CT molecular complexity index is 432. The van der Waals surface area contributed by atoms with Crippen LogP contribution < -0.4 is 4.90 Å². The maximum Gasteiger partial charge on any atom is 0.214 e. The number of hydrogen-bond acceptors (Lipinski definition) is 1. The molecule has 1 aliphatic rings. The molecule has 0 spiro atoms. The normalized spacial score (nSPS) is 16.3. The van der Waals surface area contributed by atoms with E-state index in [0.29, 0.717) is 6.04 Å². The molecule has 1 aliphatic carbocycles. The average molecular weight is 243 g/mol. The lowest BCUT2D eigenvalue weighted by molar-refractivity contribution is -0.108. The predicted octanol–water partition coefficient (Wildman–Crippen LogP) is 4.02. The second-order valence-corrected chi connectivity index (χ2v) is 5.10. The molecule has 2 rings (SSSR count). The van der Waals surface area contributed by atoms with Crippen molar-refractivity contribution in [2.75, 3.05) is 4.90 Å². The minimum Gasteiger partial charge on any atom is -0.311 e. The topological polar surface area (TPSA) is 20.3 Å². The molecule has 0 atom stereocenters. The van der Waals surface area contributed by atoms with Crippen molar-refractivity contribution in [2.24, 2.45) is 0 Å². The Morgan fingerprint density at radius 1 is 1.28 bits per heavy atom. The molecule has 1 aromatic rings. The second-order valence-electron chi connectivity index (χ2n) is 5.10. The van der Waals surface area contributed by atoms with Gasteiger partial charge in [0.1, 0.15) is 0 Å². The minimum atomic E-state index is 0.358. The molecule has 1 amide bonds. The molecule has 0 radical (unpaired) electrons. The van der Waals surface area contributed by atoms with Gasteiger partial charge in [-0.1, -0.05) is 44.0 Å². The Balaban J connectivity index is 2.31. The first-order valence-corrected chi connectivity index (χ1v) is 6.72. The molecule has 1 fully saturated rings. The highest BCUT2D eigenvalue weighted by Gasteiger charge is 2.22. The van der Waals surface area contributed by atoms with Gasteiger partial charge in [0.25, 0.3) is 0 Å². The summed E-state index contributed by atoms with van der Waals surface area (Å²) in [5.41, 5.74) is 3.09. The van der Waals surface area contributed by atoms with Gasteiger partial charge in [-0.05, 0) is 31.4 Å². The number of rotatable bonds is 4. The van der Waals surface area contributed by atoms with Crippen molar-refractivity contribution in [3.05, 3.63) is 36.4 Å². The summed E-state index contributed by atoms with van der Waals surface area (Å²) >= 11 is 0. The van der Waals surface area contributed by atoms with Crippen molar-refractivity contribution in [3.8, 4) is 0 Å². The van der Waals surface area contributed by atoms with E-state index in [1.54, 1.807) is 0 Å². The van der Waals surface area contributed by atoms with Crippen LogP contribution in [0.5, 0.6) is 0 Å². The number of hydrogen-bond donors (Lipinski definition) is 0. The van der Waals surface area contributed by atoms with Crippen molar-refractivity contribution < 1.29 is 4.79 Å². The van der Waals surface area contributed by atoms with Gasteiger partial charge in [-0.3, -0.25) is 4.79 Å². The third kappa shape index (κ3) is 2.63. The zero-order valence-electron chi connectivity index (χ0n) is 11.1. The molecular formula is C16H21NO. The Morgan fingerprint density at radius 3 is 2.56 bits per heavy atom. The summed E-state index contributed by atoms with van der Waals surface area (Å²) in [5.74, 6) is 0. The van der Waals surface area contributed by atoms with Crippen LogP contribution in [0.15, 0.2) is 30.8 Å². The number of allylic oxidation sites excluding steroid dienone is 1. The number of anilines is 1. The third-order valence-corrected chi connectivity index (χ3v) is 3.72. The smallest absolute Gasteiger partial charge is 0.214 e. The summed E-state index contributed by atoms with van der Waals surface area (Å²) in [6, 6.07) is 8.40. The van der Waals surface area contributed by atoms with E-state index in [-0.39, 0.29) is 0 Å². The van der Waals surface area contributed by atoms with Gasteiger partial charge in [-0.15, -0.1) is 0 Å². The van der Waals surface area contributed by atoms with Crippen molar-refractivity contribution >= 4 is 17.7 Å². The molecular weight excluding hydrogens is 222 g/mol. The lowest BCUT2D eigenvalue weighted by atomic mass is 9.93. The molecule has 0 heterocycles. The molecule has 18 heavy (non-hydrogen) atoms. The van der Waals surface area contributed by atoms with Crippen LogP contribution in [0.25, 0.3) is 5.57 Å². The summed E-state index contributed by atoms with van der Waals surface area (Å²) in [6.45, 7) is 5.99. The van der Waals surface area contributed by atoms with Crippen LogP contribution in [0.2, 0.25) is 0 Å². The number of carbonyl (C=O) groups is 1. The summed E-state index contributed by atoms with van der Waals surface area (Å²) in [6.07, 6.45) is 6.96. The van der Waals surface area contributed by atoms with E-state index in [1.807, 2.05) is 36.1 Å². The molecule has 2 heteroatoms. The van der Waals surface area contributed by atoms with Gasteiger partial charge in [0.15, 0.2) is 0 Å². The van der Waals surface area contributed by atoms with Gasteiger partial charge < -0.3 is 4.90 Å². The van der Waals surface area contributed by atoms with Crippen LogP contribution in [0.1, 0.15) is 44.6 Å². The maximum absolute atomic E-state index is 11.5. The number of carbonyl (C=O) groups excluding carboxylic acids is 1. The largest absolute Gasteiger partial charge is 0.311 e. The van der Waals surface area contributed by atoms with Gasteiger partial charge in [-0.2, -0.15) is 0 Å². The van der Waals surface area contributed by atoms with Crippen molar-refractivity contribution in [2.45, 2.75) is 45.1 Å². The monoisotopic (exact) mass is 243 g/mol. The summed E-state index contributed by atoms with van der Waals surface area (Å²) in [5, 5.41) is 0. The fourth-order valence-corrected chi connectivity index (χ4v) is 2.76. The fourth-order valence-electron chi connectivity index (χ4n) is 2.76. The van der Waals surface area contributed by atoms with Gasteiger partial charge in [0.2, 0.25) is 6.41 Å². The fraction of sp³-hybridized carbons (Fsp3) is 0.438. The van der Waals surface area contributed by atoms with Crippen LogP contribution in [-0.2, 0) is 4.79 Å². The lowest BCUT2D eigenvalue weighted by Gasteiger charge is -2.32. The van der Waals surface area contributed by atoms with Gasteiger partial charge in [0.05, 0.1) is 5.69 Å². The Hall–Kier alpha value is -1.57. The molecule has 1 aromatic carbocycles. The van der Waals surface area contributed by atoms with E-state index >= 15 is 0 Å². The molecule has 0 bridgehead atoms. The highest BCUT2D eigenvalue weighted by atomic mass is 16.1. The van der Waals surface area contributed by atoms with Crippen molar-refractivity contribution in [1.82, 2.24) is 0 Å². The van der Waals surface area contributed by atoms with Crippen LogP contribution >= 0.6 is 0 Å². The predicted molar refractivity (Wildman–Crippen MR) is 76.6 cm³/mol. The SMILES string of the molecule is C=C(C)c1ccccc1N(C=O)C1CCCCC1. The summed E-state index contributed by atoms with van der Waals surface area (Å²) < 4.78 is 0. The first-order valence-electron chi connectivity index (χ1n) is 6.72. The van der Waals surface area contributed by atoms with Crippen molar-refractivity contribution in [3.63, 3.8) is 0 Å². The third-order valence-electron chi connectivity index (χ3n) is 3.72. The van der Waals surface area contributed by atoms with Crippen LogP contribution in [0.3, 0.4) is 0 Å². The van der Waals surface area contributed by atoms with Gasteiger partial charge in [-0.25, -0.2) is 0 Å². The highest BCUT2D eigenvalue weighted by molar-refractivity contribution is 5.84. The van der Waals surface area contributed by atoms with E-state index in [4.69, 9.17) is 0 Å². The zero-order valence-corrected chi connectivity index (χ0v) is 11.1. The number of para-hydroxylation sites is 1. The quantitative estimate of drug-likeness (QED) is 0.731. The summed E-state index contributed by atoms with van der Waals surface area (Å²) in [7, 11) is 0. The second kappa shape index (κ2) is 5.85. The Kier molecular flexibility index (Phi) is 4.19.